The standard InChI is InChI=1S/C12H15N8O7P/c13-10-6-7(4-1-16-19-17-4)18-20(11(6)15-3-14-10)12-9(22)8(21)5(27-12)2-26-28(23,24)25/h1,3,5,8-9,12,21-22H,2H2,(H2,13,14,15)(H,16,17,19)(H2,23,24,25)/t5-,8-,9-,12-/m1/s1. The van der Waals surface area contributed by atoms with E-state index in [1.165, 1.54) is 17.2 Å². The van der Waals surface area contributed by atoms with Gasteiger partial charge in [-0.2, -0.15) is 20.5 Å². The number of phosphoric acid groups is 1. The number of nitrogens with zero attached hydrogens (tertiary/aromatic N) is 6. The molecule has 0 saturated carbocycles. The van der Waals surface area contributed by atoms with Crippen LogP contribution < -0.4 is 5.73 Å². The molecular weight excluding hydrogens is 399 g/mol. The largest absolute Gasteiger partial charge is 0.469 e. The number of nitrogens with one attached hydrogen (secondary N) is 1. The van der Waals surface area contributed by atoms with Gasteiger partial charge in [-0.3, -0.25) is 4.52 Å². The fraction of sp³-hybridized carbons (Fsp3) is 0.417. The molecule has 1 aliphatic heterocycles. The van der Waals surface area contributed by atoms with E-state index in [1.54, 1.807) is 0 Å². The highest BCUT2D eigenvalue weighted by Crippen LogP contribution is 2.39. The van der Waals surface area contributed by atoms with Crippen molar-refractivity contribution >= 4 is 24.7 Å². The summed E-state index contributed by atoms with van der Waals surface area (Å²) < 4.78 is 22.0. The van der Waals surface area contributed by atoms with Crippen molar-refractivity contribution in [2.45, 2.75) is 24.5 Å². The monoisotopic (exact) mass is 414 g/mol. The molecular formula is C12H15N8O7P. The van der Waals surface area contributed by atoms with Crippen molar-refractivity contribution in [3.8, 4) is 11.4 Å². The third kappa shape index (κ3) is 3.24. The summed E-state index contributed by atoms with van der Waals surface area (Å²) in [6.45, 7) is -0.647. The van der Waals surface area contributed by atoms with Crippen molar-refractivity contribution in [2.75, 3.05) is 12.3 Å². The van der Waals surface area contributed by atoms with E-state index in [-0.39, 0.29) is 17.2 Å². The molecule has 0 amide bonds. The van der Waals surface area contributed by atoms with Crippen LogP contribution in [0.15, 0.2) is 12.5 Å². The van der Waals surface area contributed by atoms with Crippen molar-refractivity contribution in [3.63, 3.8) is 0 Å². The number of rotatable bonds is 5. The van der Waals surface area contributed by atoms with Gasteiger partial charge in [0.2, 0.25) is 0 Å². The van der Waals surface area contributed by atoms with Gasteiger partial charge in [0.15, 0.2) is 11.9 Å². The second-order valence-corrected chi connectivity index (χ2v) is 7.18. The van der Waals surface area contributed by atoms with Crippen molar-refractivity contribution < 1.29 is 33.8 Å². The van der Waals surface area contributed by atoms with E-state index in [1.807, 2.05) is 0 Å². The molecule has 0 radical (unpaired) electrons. The van der Waals surface area contributed by atoms with Gasteiger partial charge in [0.25, 0.3) is 0 Å². The lowest BCUT2D eigenvalue weighted by molar-refractivity contribution is -0.0558. The smallest absolute Gasteiger partial charge is 0.387 e. The Bertz CT molecular complexity index is 1040. The van der Waals surface area contributed by atoms with Crippen LogP contribution in [0.3, 0.4) is 0 Å². The van der Waals surface area contributed by atoms with E-state index >= 15 is 0 Å². The molecule has 150 valence electrons. The van der Waals surface area contributed by atoms with Crippen LogP contribution in [0.25, 0.3) is 22.4 Å². The van der Waals surface area contributed by atoms with Crippen LogP contribution >= 0.6 is 7.82 Å². The summed E-state index contributed by atoms with van der Waals surface area (Å²) in [5.74, 6) is 0.101. The molecule has 4 heterocycles. The molecule has 1 fully saturated rings. The van der Waals surface area contributed by atoms with Gasteiger partial charge in [0.1, 0.15) is 41.8 Å². The van der Waals surface area contributed by atoms with Crippen molar-refractivity contribution in [1.82, 2.24) is 35.2 Å². The first-order valence-corrected chi connectivity index (χ1v) is 9.36. The summed E-state index contributed by atoms with van der Waals surface area (Å²) in [4.78, 5) is 25.7. The summed E-state index contributed by atoms with van der Waals surface area (Å²) in [7, 11) is -4.78. The van der Waals surface area contributed by atoms with Crippen LogP contribution in [0.5, 0.6) is 0 Å². The normalized spacial score (nSPS) is 25.6. The number of aromatic amines is 1. The fourth-order valence-electron chi connectivity index (χ4n) is 2.91. The quantitative estimate of drug-likeness (QED) is 0.247. The predicted octanol–water partition coefficient (Wildman–Crippen LogP) is -2.08. The van der Waals surface area contributed by atoms with Crippen LogP contribution in [-0.2, 0) is 13.8 Å². The highest BCUT2D eigenvalue weighted by atomic mass is 31.2. The number of anilines is 1. The molecule has 4 atom stereocenters. The van der Waals surface area contributed by atoms with Gasteiger partial charge in [-0.05, 0) is 0 Å². The molecule has 3 aromatic rings. The van der Waals surface area contributed by atoms with Crippen LogP contribution in [0.1, 0.15) is 6.23 Å². The Kier molecular flexibility index (Phi) is 4.59. The molecule has 0 bridgehead atoms. The van der Waals surface area contributed by atoms with Gasteiger partial charge in [0.05, 0.1) is 18.2 Å². The number of aromatic nitrogens is 7. The number of hydrogen-bond acceptors (Lipinski definition) is 11. The summed E-state index contributed by atoms with van der Waals surface area (Å²) >= 11 is 0. The molecule has 16 heteroatoms. The maximum atomic E-state index is 10.9. The number of H-pyrrole nitrogens is 1. The zero-order chi connectivity index (χ0) is 20.1. The third-order valence-corrected chi connectivity index (χ3v) is 4.65. The Balaban J connectivity index is 1.73. The number of aliphatic hydroxyl groups excluding tert-OH is 2. The number of nitrogen functional groups attached to an aromatic ring is 1. The molecule has 0 unspecified atom stereocenters. The minimum absolute atomic E-state index is 0.101. The topological polar surface area (TPSA) is 228 Å². The first-order chi connectivity index (χ1) is 13.3. The van der Waals surface area contributed by atoms with E-state index in [2.05, 4.69) is 35.0 Å². The molecule has 0 spiro atoms. The van der Waals surface area contributed by atoms with E-state index in [0.717, 1.165) is 0 Å². The number of hydrogen-bond donors (Lipinski definition) is 6. The lowest BCUT2D eigenvalue weighted by Gasteiger charge is -2.15. The van der Waals surface area contributed by atoms with Gasteiger partial charge in [-0.25, -0.2) is 19.2 Å². The van der Waals surface area contributed by atoms with Gasteiger partial charge in [-0.15, -0.1) is 0 Å². The van der Waals surface area contributed by atoms with E-state index in [0.29, 0.717) is 11.1 Å². The zero-order valence-corrected chi connectivity index (χ0v) is 14.8. The van der Waals surface area contributed by atoms with Crippen LogP contribution in [0.4, 0.5) is 5.82 Å². The molecule has 3 aromatic heterocycles. The lowest BCUT2D eigenvalue weighted by atomic mass is 10.1. The number of nitrogens with two attached hydrogens (primary N) is 1. The van der Waals surface area contributed by atoms with E-state index in [4.69, 9.17) is 20.3 Å². The van der Waals surface area contributed by atoms with E-state index < -0.39 is 39.0 Å². The number of phosphoric ester groups is 1. The van der Waals surface area contributed by atoms with E-state index in [9.17, 15) is 14.8 Å². The Morgan fingerprint density at radius 2 is 2.11 bits per heavy atom. The van der Waals surface area contributed by atoms with Crippen molar-refractivity contribution in [1.29, 1.82) is 0 Å². The molecule has 15 nitrogen and oxygen atoms in total. The SMILES string of the molecule is Nc1ncnc2c1c(-c1cn[nH]n1)nn2[C@@H]1O[C@H](COP(=O)(O)O)[C@@H](O)[C@H]1O. The Morgan fingerprint density at radius 1 is 1.32 bits per heavy atom. The third-order valence-electron chi connectivity index (χ3n) is 4.16. The second-order valence-electron chi connectivity index (χ2n) is 5.94. The summed E-state index contributed by atoms with van der Waals surface area (Å²) in [5.41, 5.74) is 6.73. The maximum absolute atomic E-state index is 10.9. The lowest BCUT2D eigenvalue weighted by Crippen LogP contribution is -2.33. The Hall–Kier alpha value is -2.52. The fourth-order valence-corrected chi connectivity index (χ4v) is 3.25. The second kappa shape index (κ2) is 6.82. The molecule has 1 aliphatic rings. The molecule has 7 N–H and O–H groups in total. The highest BCUT2D eigenvalue weighted by Gasteiger charge is 2.46. The minimum Gasteiger partial charge on any atom is -0.387 e. The first-order valence-electron chi connectivity index (χ1n) is 7.83. The zero-order valence-electron chi connectivity index (χ0n) is 13.9. The summed E-state index contributed by atoms with van der Waals surface area (Å²) in [5, 5.41) is 35.3. The molecule has 4 rings (SSSR count). The number of fused-ring (bicyclic) bond motifs is 1. The average molecular weight is 414 g/mol. The number of aliphatic hydroxyl groups is 2. The predicted molar refractivity (Wildman–Crippen MR) is 89.0 cm³/mol. The number of ether oxygens (including phenoxy) is 1. The molecule has 0 aromatic carbocycles. The maximum Gasteiger partial charge on any atom is 0.469 e. The summed E-state index contributed by atoms with van der Waals surface area (Å²) in [6.07, 6.45) is -2.86. The van der Waals surface area contributed by atoms with Gasteiger partial charge >= 0.3 is 7.82 Å². The average Bonchev–Trinajstić information content (AvgIpc) is 3.33. The van der Waals surface area contributed by atoms with Crippen molar-refractivity contribution in [2.24, 2.45) is 0 Å². The van der Waals surface area contributed by atoms with Crippen molar-refractivity contribution in [3.05, 3.63) is 12.5 Å². The van der Waals surface area contributed by atoms with Gasteiger partial charge in [-0.1, -0.05) is 0 Å². The van der Waals surface area contributed by atoms with Gasteiger partial charge in [0, 0.05) is 0 Å². The summed E-state index contributed by atoms with van der Waals surface area (Å²) in [6, 6.07) is 0. The minimum atomic E-state index is -4.78. The first kappa shape index (κ1) is 18.8. The molecule has 1 saturated heterocycles. The highest BCUT2D eigenvalue weighted by molar-refractivity contribution is 7.46. The van der Waals surface area contributed by atoms with Crippen LogP contribution in [0, 0.1) is 0 Å². The van der Waals surface area contributed by atoms with Gasteiger partial charge < -0.3 is 30.5 Å². The Morgan fingerprint density at radius 3 is 2.79 bits per heavy atom. The van der Waals surface area contributed by atoms with Crippen LogP contribution in [-0.4, -0.2) is 80.1 Å². The molecule has 0 aliphatic carbocycles. The molecule has 28 heavy (non-hydrogen) atoms. The van der Waals surface area contributed by atoms with Crippen LogP contribution in [0.2, 0.25) is 0 Å². The Labute approximate surface area is 155 Å².